The zero-order valence-corrected chi connectivity index (χ0v) is 13.5. The highest BCUT2D eigenvalue weighted by Crippen LogP contribution is 2.32. The molecular formula is C17H15N3O5. The van der Waals surface area contributed by atoms with Crippen LogP contribution in [0, 0.1) is 0 Å². The predicted molar refractivity (Wildman–Crippen MR) is 88.4 cm³/mol. The summed E-state index contributed by atoms with van der Waals surface area (Å²) >= 11 is 0. The lowest BCUT2D eigenvalue weighted by Gasteiger charge is -2.10. The van der Waals surface area contributed by atoms with Crippen molar-refractivity contribution in [2.24, 2.45) is 0 Å². The van der Waals surface area contributed by atoms with Crippen LogP contribution < -0.4 is 14.2 Å². The molecule has 0 aliphatic rings. The molecule has 0 radical (unpaired) electrons. The number of aromatic carboxylic acids is 1. The molecule has 0 spiro atoms. The molecule has 0 aliphatic heterocycles. The summed E-state index contributed by atoms with van der Waals surface area (Å²) in [7, 11) is 3.16. The van der Waals surface area contributed by atoms with Crippen molar-refractivity contribution in [2.75, 3.05) is 14.2 Å². The van der Waals surface area contributed by atoms with Crippen LogP contribution in [0.2, 0.25) is 0 Å². The molecule has 8 heteroatoms. The molecule has 0 saturated carbocycles. The number of ether oxygens (including phenoxy) is 3. The number of hydrogen-bond acceptors (Lipinski definition) is 6. The molecule has 3 rings (SSSR count). The Bertz CT molecular complexity index is 885. The van der Waals surface area contributed by atoms with Gasteiger partial charge in [-0.3, -0.25) is 0 Å². The molecule has 0 saturated heterocycles. The van der Waals surface area contributed by atoms with E-state index >= 15 is 0 Å². The van der Waals surface area contributed by atoms with Crippen LogP contribution in [-0.2, 0) is 0 Å². The van der Waals surface area contributed by atoms with Gasteiger partial charge in [0, 0.05) is 6.07 Å². The number of aromatic nitrogens is 3. The van der Waals surface area contributed by atoms with Crippen molar-refractivity contribution < 1.29 is 24.1 Å². The number of carbonyl (C=O) groups is 1. The highest BCUT2D eigenvalue weighted by molar-refractivity contribution is 5.87. The first-order chi connectivity index (χ1) is 12.1. The molecule has 128 valence electrons. The molecule has 3 aromatic rings. The Labute approximate surface area is 143 Å². The van der Waals surface area contributed by atoms with Gasteiger partial charge in [-0.15, -0.1) is 5.10 Å². The number of hydrogen-bond donors (Lipinski definition) is 2. The third-order valence-corrected chi connectivity index (χ3v) is 3.46. The molecule has 1 heterocycles. The monoisotopic (exact) mass is 341 g/mol. The van der Waals surface area contributed by atoms with Crippen LogP contribution in [0.5, 0.6) is 23.1 Å². The molecule has 0 amide bonds. The highest BCUT2D eigenvalue weighted by Gasteiger charge is 2.17. The summed E-state index contributed by atoms with van der Waals surface area (Å²) in [5, 5.41) is 18.4. The van der Waals surface area contributed by atoms with Gasteiger partial charge in [0.15, 0.2) is 0 Å². The maximum atomic E-state index is 11.1. The Morgan fingerprint density at radius 2 is 1.68 bits per heavy atom. The second-order valence-corrected chi connectivity index (χ2v) is 5.03. The number of benzene rings is 2. The quantitative estimate of drug-likeness (QED) is 0.710. The summed E-state index contributed by atoms with van der Waals surface area (Å²) in [5.41, 5.74) is 1.43. The van der Waals surface area contributed by atoms with Gasteiger partial charge in [-0.05, 0) is 35.4 Å². The standard InChI is InChI=1S/C17H15N3O5/c1-23-13-7-11(8-14(9-13)24-2)10-4-3-5-12(6-10)25-16-15(17(21)22)18-20-19-16/h3-9H,1-2H3,(H,21,22)(H,18,19,20). The van der Waals surface area contributed by atoms with Gasteiger partial charge < -0.3 is 19.3 Å². The predicted octanol–water partition coefficient (Wildman–Crippen LogP) is 2.98. The Hall–Kier alpha value is -3.55. The van der Waals surface area contributed by atoms with Crippen molar-refractivity contribution in [1.29, 1.82) is 0 Å². The lowest BCUT2D eigenvalue weighted by molar-refractivity contribution is 0.0687. The first kappa shape index (κ1) is 16.3. The Morgan fingerprint density at radius 3 is 2.32 bits per heavy atom. The van der Waals surface area contributed by atoms with Crippen LogP contribution in [0.4, 0.5) is 0 Å². The minimum Gasteiger partial charge on any atom is -0.497 e. The van der Waals surface area contributed by atoms with Gasteiger partial charge in [-0.1, -0.05) is 17.3 Å². The minimum absolute atomic E-state index is 0.0344. The summed E-state index contributed by atoms with van der Waals surface area (Å²) < 4.78 is 16.1. The van der Waals surface area contributed by atoms with Gasteiger partial charge in [0.05, 0.1) is 14.2 Å². The van der Waals surface area contributed by atoms with E-state index in [2.05, 4.69) is 15.4 Å². The topological polar surface area (TPSA) is 107 Å². The normalized spacial score (nSPS) is 10.3. The largest absolute Gasteiger partial charge is 0.497 e. The van der Waals surface area contributed by atoms with E-state index in [1.807, 2.05) is 18.2 Å². The van der Waals surface area contributed by atoms with Crippen LogP contribution in [-0.4, -0.2) is 40.7 Å². The Balaban J connectivity index is 1.94. The molecule has 0 unspecified atom stereocenters. The molecule has 1 aromatic heterocycles. The second kappa shape index (κ2) is 6.91. The van der Waals surface area contributed by atoms with Crippen LogP contribution >= 0.6 is 0 Å². The van der Waals surface area contributed by atoms with Crippen molar-refractivity contribution in [3.05, 3.63) is 48.2 Å². The molecule has 2 aromatic carbocycles. The molecule has 8 nitrogen and oxygen atoms in total. The zero-order chi connectivity index (χ0) is 17.8. The summed E-state index contributed by atoms with van der Waals surface area (Å²) in [6.45, 7) is 0. The fourth-order valence-electron chi connectivity index (χ4n) is 2.26. The van der Waals surface area contributed by atoms with Gasteiger partial charge in [-0.2, -0.15) is 0 Å². The minimum atomic E-state index is -1.22. The number of methoxy groups -OCH3 is 2. The highest BCUT2D eigenvalue weighted by atomic mass is 16.5. The maximum absolute atomic E-state index is 11.1. The lowest BCUT2D eigenvalue weighted by Crippen LogP contribution is -1.99. The van der Waals surface area contributed by atoms with E-state index in [0.29, 0.717) is 17.2 Å². The molecule has 0 aliphatic carbocycles. The average Bonchev–Trinajstić information content (AvgIpc) is 3.10. The van der Waals surface area contributed by atoms with Gasteiger partial charge in [0.1, 0.15) is 17.2 Å². The van der Waals surface area contributed by atoms with Crippen molar-refractivity contribution in [3.63, 3.8) is 0 Å². The Morgan fingerprint density at radius 1 is 1.00 bits per heavy atom. The number of H-pyrrole nitrogens is 1. The second-order valence-electron chi connectivity index (χ2n) is 5.03. The van der Waals surface area contributed by atoms with Crippen LogP contribution in [0.25, 0.3) is 11.1 Å². The summed E-state index contributed by atoms with van der Waals surface area (Å²) in [6.07, 6.45) is 0. The summed E-state index contributed by atoms with van der Waals surface area (Å²) in [5.74, 6) is 0.497. The summed E-state index contributed by atoms with van der Waals surface area (Å²) in [6, 6.07) is 12.7. The number of carboxylic acid groups (broad SMARTS) is 1. The van der Waals surface area contributed by atoms with E-state index < -0.39 is 5.97 Å². The number of rotatable bonds is 6. The molecule has 25 heavy (non-hydrogen) atoms. The van der Waals surface area contributed by atoms with Crippen molar-refractivity contribution >= 4 is 5.97 Å². The number of aromatic amines is 1. The van der Waals surface area contributed by atoms with Crippen molar-refractivity contribution in [2.45, 2.75) is 0 Å². The first-order valence-electron chi connectivity index (χ1n) is 7.26. The fraction of sp³-hybridized carbons (Fsp3) is 0.118. The van der Waals surface area contributed by atoms with Crippen molar-refractivity contribution in [1.82, 2.24) is 15.4 Å². The van der Waals surface area contributed by atoms with E-state index in [9.17, 15) is 4.79 Å². The van der Waals surface area contributed by atoms with E-state index in [1.165, 1.54) is 0 Å². The zero-order valence-electron chi connectivity index (χ0n) is 13.5. The molecule has 0 fully saturated rings. The third kappa shape index (κ3) is 3.52. The van der Waals surface area contributed by atoms with Gasteiger partial charge in [0.25, 0.3) is 5.88 Å². The maximum Gasteiger partial charge on any atom is 0.362 e. The molecule has 0 bridgehead atoms. The van der Waals surface area contributed by atoms with E-state index in [-0.39, 0.29) is 11.6 Å². The smallest absolute Gasteiger partial charge is 0.362 e. The van der Waals surface area contributed by atoms with E-state index in [0.717, 1.165) is 11.1 Å². The van der Waals surface area contributed by atoms with Gasteiger partial charge in [-0.25, -0.2) is 9.89 Å². The number of carboxylic acids is 1. The molecule has 2 N–H and O–H groups in total. The van der Waals surface area contributed by atoms with Gasteiger partial charge >= 0.3 is 5.97 Å². The molecule has 0 atom stereocenters. The van der Waals surface area contributed by atoms with Crippen LogP contribution in [0.3, 0.4) is 0 Å². The van der Waals surface area contributed by atoms with E-state index in [1.54, 1.807) is 38.5 Å². The third-order valence-electron chi connectivity index (χ3n) is 3.46. The van der Waals surface area contributed by atoms with E-state index in [4.69, 9.17) is 19.3 Å². The van der Waals surface area contributed by atoms with Crippen molar-refractivity contribution in [3.8, 4) is 34.3 Å². The van der Waals surface area contributed by atoms with Gasteiger partial charge in [0.2, 0.25) is 5.69 Å². The molecular weight excluding hydrogens is 326 g/mol. The Kier molecular flexibility index (Phi) is 4.51. The summed E-state index contributed by atoms with van der Waals surface area (Å²) in [4.78, 5) is 11.1. The number of nitrogens with one attached hydrogen (secondary N) is 1. The lowest BCUT2D eigenvalue weighted by atomic mass is 10.0. The first-order valence-corrected chi connectivity index (χ1v) is 7.26. The average molecular weight is 341 g/mol. The van der Waals surface area contributed by atoms with Crippen LogP contribution in [0.1, 0.15) is 10.5 Å². The number of nitrogens with zero attached hydrogens (tertiary/aromatic N) is 2. The van der Waals surface area contributed by atoms with Crippen LogP contribution in [0.15, 0.2) is 42.5 Å². The fourth-order valence-corrected chi connectivity index (χ4v) is 2.26. The SMILES string of the molecule is COc1cc(OC)cc(-c2cccc(Oc3[nH]nnc3C(=O)O)c2)c1.